The molecule has 22 heavy (non-hydrogen) atoms. The van der Waals surface area contributed by atoms with E-state index in [4.69, 9.17) is 0 Å². The number of aromatic nitrogens is 2. The maximum absolute atomic E-state index is 12.1. The number of rotatable bonds is 6. The lowest BCUT2D eigenvalue weighted by molar-refractivity contribution is 0.0945. The summed E-state index contributed by atoms with van der Waals surface area (Å²) < 4.78 is 0. The molecule has 6 heteroatoms. The molecular formula is C16H18N4O2. The van der Waals surface area contributed by atoms with Crippen LogP contribution in [0.4, 0.5) is 0 Å². The summed E-state index contributed by atoms with van der Waals surface area (Å²) in [6.07, 6.45) is 3.98. The van der Waals surface area contributed by atoms with Gasteiger partial charge in [0.05, 0.1) is 12.2 Å². The third-order valence-corrected chi connectivity index (χ3v) is 2.95. The second kappa shape index (κ2) is 7.87. The Morgan fingerprint density at radius 3 is 2.64 bits per heavy atom. The molecule has 0 saturated carbocycles. The van der Waals surface area contributed by atoms with Crippen molar-refractivity contribution in [3.8, 4) is 0 Å². The predicted octanol–water partition coefficient (Wildman–Crippen LogP) is 1.55. The number of nitrogens with zero attached hydrogens (tertiary/aromatic N) is 2. The highest BCUT2D eigenvalue weighted by Crippen LogP contribution is 2.03. The fraction of sp³-hybridized carbons (Fsp3) is 0.250. The number of carbonyl (C=O) groups is 2. The molecule has 2 amide bonds. The zero-order valence-corrected chi connectivity index (χ0v) is 12.4. The minimum absolute atomic E-state index is 0.206. The van der Waals surface area contributed by atoms with Crippen LogP contribution in [0.1, 0.15) is 39.9 Å². The molecule has 114 valence electrons. The smallest absolute Gasteiger partial charge is 0.270 e. The topological polar surface area (TPSA) is 84.0 Å². The van der Waals surface area contributed by atoms with E-state index in [0.29, 0.717) is 18.7 Å². The predicted molar refractivity (Wildman–Crippen MR) is 82.3 cm³/mol. The van der Waals surface area contributed by atoms with Crippen molar-refractivity contribution in [2.24, 2.45) is 0 Å². The number of hydrogen-bond donors (Lipinski definition) is 2. The molecule has 0 saturated heterocycles. The van der Waals surface area contributed by atoms with Gasteiger partial charge in [-0.2, -0.15) is 0 Å². The van der Waals surface area contributed by atoms with Gasteiger partial charge in [0, 0.05) is 24.5 Å². The molecule has 0 unspecified atom stereocenters. The van der Waals surface area contributed by atoms with Gasteiger partial charge in [-0.25, -0.2) is 0 Å². The van der Waals surface area contributed by atoms with Crippen molar-refractivity contribution in [3.05, 3.63) is 59.7 Å². The van der Waals surface area contributed by atoms with E-state index in [1.165, 1.54) is 12.3 Å². The van der Waals surface area contributed by atoms with Crippen LogP contribution in [-0.4, -0.2) is 28.3 Å². The van der Waals surface area contributed by atoms with Crippen LogP contribution in [0.3, 0.4) is 0 Å². The van der Waals surface area contributed by atoms with E-state index in [9.17, 15) is 9.59 Å². The Hall–Kier alpha value is -2.76. The van der Waals surface area contributed by atoms with Crippen molar-refractivity contribution in [1.82, 2.24) is 20.6 Å². The molecule has 0 aliphatic heterocycles. The fourth-order valence-corrected chi connectivity index (χ4v) is 1.80. The number of pyridine rings is 2. The van der Waals surface area contributed by atoms with Crippen LogP contribution in [0.5, 0.6) is 0 Å². The van der Waals surface area contributed by atoms with Crippen molar-refractivity contribution in [1.29, 1.82) is 0 Å². The standard InChI is InChI=1S/C16H18N4O2/c1-2-7-19-15(21)12-6-9-18-14(10-12)16(22)20-11-13-5-3-4-8-17-13/h3-6,8-10H,2,7,11H2,1H3,(H,19,21)(H,20,22). The Morgan fingerprint density at radius 1 is 1.05 bits per heavy atom. The first-order chi connectivity index (χ1) is 10.7. The van der Waals surface area contributed by atoms with Crippen LogP contribution in [0.15, 0.2) is 42.7 Å². The first-order valence-corrected chi connectivity index (χ1v) is 7.13. The fourth-order valence-electron chi connectivity index (χ4n) is 1.80. The summed E-state index contributed by atoms with van der Waals surface area (Å²) in [5, 5.41) is 5.49. The largest absolute Gasteiger partial charge is 0.352 e. The van der Waals surface area contributed by atoms with Gasteiger partial charge in [0.25, 0.3) is 11.8 Å². The molecule has 2 rings (SSSR count). The lowest BCUT2D eigenvalue weighted by Gasteiger charge is -2.06. The molecule has 0 atom stereocenters. The summed E-state index contributed by atoms with van der Waals surface area (Å²) in [5.74, 6) is -0.543. The molecule has 2 heterocycles. The number of nitrogens with one attached hydrogen (secondary N) is 2. The van der Waals surface area contributed by atoms with Crippen LogP contribution in [-0.2, 0) is 6.54 Å². The highest BCUT2D eigenvalue weighted by molar-refractivity contribution is 5.98. The monoisotopic (exact) mass is 298 g/mol. The van der Waals surface area contributed by atoms with Crippen LogP contribution >= 0.6 is 0 Å². The average molecular weight is 298 g/mol. The molecule has 0 aliphatic carbocycles. The second-order valence-electron chi connectivity index (χ2n) is 4.69. The Morgan fingerprint density at radius 2 is 1.91 bits per heavy atom. The molecule has 0 bridgehead atoms. The molecule has 0 aromatic carbocycles. The normalized spacial score (nSPS) is 10.0. The third kappa shape index (κ3) is 4.37. The Labute approximate surface area is 129 Å². The first kappa shape index (κ1) is 15.6. The Kier molecular flexibility index (Phi) is 5.59. The van der Waals surface area contributed by atoms with Gasteiger partial charge in [-0.3, -0.25) is 19.6 Å². The summed E-state index contributed by atoms with van der Waals surface area (Å²) in [6.45, 7) is 2.89. The van der Waals surface area contributed by atoms with Gasteiger partial charge < -0.3 is 10.6 Å². The zero-order chi connectivity index (χ0) is 15.8. The maximum Gasteiger partial charge on any atom is 0.270 e. The van der Waals surface area contributed by atoms with Gasteiger partial charge in [0.2, 0.25) is 0 Å². The van der Waals surface area contributed by atoms with E-state index < -0.39 is 0 Å². The molecule has 0 fully saturated rings. The van der Waals surface area contributed by atoms with E-state index in [1.54, 1.807) is 12.3 Å². The van der Waals surface area contributed by atoms with Crippen LogP contribution in [0, 0.1) is 0 Å². The van der Waals surface area contributed by atoms with Crippen LogP contribution in [0.25, 0.3) is 0 Å². The van der Waals surface area contributed by atoms with Gasteiger partial charge in [-0.05, 0) is 30.7 Å². The molecule has 2 aromatic heterocycles. The molecule has 0 spiro atoms. The average Bonchev–Trinajstić information content (AvgIpc) is 2.58. The van der Waals surface area contributed by atoms with Crippen molar-refractivity contribution < 1.29 is 9.59 Å². The molecule has 2 N–H and O–H groups in total. The van der Waals surface area contributed by atoms with Gasteiger partial charge >= 0.3 is 0 Å². The van der Waals surface area contributed by atoms with E-state index >= 15 is 0 Å². The minimum Gasteiger partial charge on any atom is -0.352 e. The lowest BCUT2D eigenvalue weighted by Crippen LogP contribution is -2.26. The summed E-state index contributed by atoms with van der Waals surface area (Å²) in [5.41, 5.74) is 1.39. The number of carbonyl (C=O) groups excluding carboxylic acids is 2. The summed E-state index contributed by atoms with van der Waals surface area (Å²) in [6, 6.07) is 8.55. The molecular weight excluding hydrogens is 280 g/mol. The Bertz CT molecular complexity index is 644. The van der Waals surface area contributed by atoms with E-state index in [2.05, 4.69) is 20.6 Å². The highest BCUT2D eigenvalue weighted by atomic mass is 16.2. The molecule has 0 aliphatic rings. The van der Waals surface area contributed by atoms with Gasteiger partial charge in [0.15, 0.2) is 0 Å². The van der Waals surface area contributed by atoms with Crippen LogP contribution < -0.4 is 10.6 Å². The highest BCUT2D eigenvalue weighted by Gasteiger charge is 2.11. The van der Waals surface area contributed by atoms with Gasteiger partial charge in [-0.15, -0.1) is 0 Å². The van der Waals surface area contributed by atoms with E-state index in [1.807, 2.05) is 25.1 Å². The summed E-state index contributed by atoms with van der Waals surface area (Å²) >= 11 is 0. The number of hydrogen-bond acceptors (Lipinski definition) is 4. The molecule has 0 radical (unpaired) electrons. The first-order valence-electron chi connectivity index (χ1n) is 7.13. The van der Waals surface area contributed by atoms with Crippen molar-refractivity contribution in [2.75, 3.05) is 6.54 Å². The third-order valence-electron chi connectivity index (χ3n) is 2.95. The second-order valence-corrected chi connectivity index (χ2v) is 4.69. The Balaban J connectivity index is 1.99. The lowest BCUT2D eigenvalue weighted by atomic mass is 10.2. The minimum atomic E-state index is -0.337. The van der Waals surface area contributed by atoms with Gasteiger partial charge in [0.1, 0.15) is 5.69 Å². The summed E-state index contributed by atoms with van der Waals surface area (Å²) in [7, 11) is 0. The van der Waals surface area contributed by atoms with Gasteiger partial charge in [-0.1, -0.05) is 13.0 Å². The van der Waals surface area contributed by atoms with E-state index in [-0.39, 0.29) is 17.5 Å². The molecule has 2 aromatic rings. The summed E-state index contributed by atoms with van der Waals surface area (Å²) in [4.78, 5) is 32.1. The zero-order valence-electron chi connectivity index (χ0n) is 12.4. The van der Waals surface area contributed by atoms with Crippen molar-refractivity contribution in [3.63, 3.8) is 0 Å². The van der Waals surface area contributed by atoms with Crippen molar-refractivity contribution in [2.45, 2.75) is 19.9 Å². The van der Waals surface area contributed by atoms with Crippen LogP contribution in [0.2, 0.25) is 0 Å². The molecule has 6 nitrogen and oxygen atoms in total. The van der Waals surface area contributed by atoms with E-state index in [0.717, 1.165) is 12.1 Å². The SMILES string of the molecule is CCCNC(=O)c1ccnc(C(=O)NCc2ccccn2)c1. The van der Waals surface area contributed by atoms with Crippen molar-refractivity contribution >= 4 is 11.8 Å². The maximum atomic E-state index is 12.1. The quantitative estimate of drug-likeness (QED) is 0.847. The number of amides is 2.